The number of hydrogen-bond acceptors (Lipinski definition) is 3. The lowest BCUT2D eigenvalue weighted by molar-refractivity contribution is -0.128. The van der Waals surface area contributed by atoms with E-state index in [-0.39, 0.29) is 5.91 Å². The summed E-state index contributed by atoms with van der Waals surface area (Å²) in [5, 5.41) is 12.7. The molecule has 72 valence electrons. The van der Waals surface area contributed by atoms with Crippen molar-refractivity contribution in [2.45, 2.75) is 20.3 Å². The van der Waals surface area contributed by atoms with Crippen LogP contribution < -0.4 is 5.32 Å². The van der Waals surface area contributed by atoms with Crippen LogP contribution >= 0.6 is 0 Å². The molecule has 0 aliphatic rings. The fourth-order valence-electron chi connectivity index (χ4n) is 1.18. The molecular weight excluding hydrogens is 168 g/mol. The Balaban J connectivity index is 2.67. The molecule has 1 aromatic heterocycles. The third-order valence-corrected chi connectivity index (χ3v) is 1.93. The molecule has 13 heavy (non-hydrogen) atoms. The van der Waals surface area contributed by atoms with E-state index in [0.717, 1.165) is 5.69 Å². The Kier molecular flexibility index (Phi) is 2.65. The number of aromatic amines is 1. The van der Waals surface area contributed by atoms with Gasteiger partial charge in [0.05, 0.1) is 11.9 Å². The summed E-state index contributed by atoms with van der Waals surface area (Å²) in [7, 11) is 1.63. The fraction of sp³-hybridized carbons (Fsp3) is 0.625. The Morgan fingerprint density at radius 3 is 2.85 bits per heavy atom. The number of nitrogens with one attached hydrogen (secondary N) is 2. The van der Waals surface area contributed by atoms with Crippen LogP contribution in [0.5, 0.6) is 0 Å². The number of amides is 1. The SMILES string of the molecule is CNC(=O)C(C)(C)Cc1cn[nH]n1. The van der Waals surface area contributed by atoms with E-state index < -0.39 is 5.41 Å². The predicted octanol–water partition coefficient (Wildman–Crippen LogP) is 0.119. The summed E-state index contributed by atoms with van der Waals surface area (Å²) < 4.78 is 0. The van der Waals surface area contributed by atoms with Gasteiger partial charge in [0.1, 0.15) is 0 Å². The number of nitrogens with zero attached hydrogens (tertiary/aromatic N) is 2. The first-order chi connectivity index (χ1) is 6.06. The highest BCUT2D eigenvalue weighted by atomic mass is 16.2. The van der Waals surface area contributed by atoms with Crippen molar-refractivity contribution < 1.29 is 4.79 Å². The molecule has 0 atom stereocenters. The van der Waals surface area contributed by atoms with Crippen molar-refractivity contribution >= 4 is 5.91 Å². The second kappa shape index (κ2) is 3.55. The molecule has 0 bridgehead atoms. The molecule has 0 saturated carbocycles. The van der Waals surface area contributed by atoms with Crippen molar-refractivity contribution in [1.82, 2.24) is 20.7 Å². The predicted molar refractivity (Wildman–Crippen MR) is 47.9 cm³/mol. The molecule has 5 nitrogen and oxygen atoms in total. The average Bonchev–Trinajstić information content (AvgIpc) is 2.54. The van der Waals surface area contributed by atoms with Crippen molar-refractivity contribution in [3.8, 4) is 0 Å². The smallest absolute Gasteiger partial charge is 0.225 e. The third-order valence-electron chi connectivity index (χ3n) is 1.93. The third kappa shape index (κ3) is 2.27. The molecule has 0 saturated heterocycles. The van der Waals surface area contributed by atoms with Crippen molar-refractivity contribution in [2.24, 2.45) is 5.41 Å². The van der Waals surface area contributed by atoms with E-state index in [2.05, 4.69) is 20.7 Å². The summed E-state index contributed by atoms with van der Waals surface area (Å²) in [5.41, 5.74) is 0.361. The highest BCUT2D eigenvalue weighted by Gasteiger charge is 2.27. The van der Waals surface area contributed by atoms with Crippen molar-refractivity contribution in [2.75, 3.05) is 7.05 Å². The molecule has 0 spiro atoms. The lowest BCUT2D eigenvalue weighted by Gasteiger charge is -2.20. The zero-order valence-corrected chi connectivity index (χ0v) is 8.09. The van der Waals surface area contributed by atoms with Crippen LogP contribution in [-0.2, 0) is 11.2 Å². The van der Waals surface area contributed by atoms with E-state index in [9.17, 15) is 4.79 Å². The summed E-state index contributed by atoms with van der Waals surface area (Å²) >= 11 is 0. The van der Waals surface area contributed by atoms with E-state index in [1.54, 1.807) is 13.2 Å². The average molecular weight is 182 g/mol. The molecule has 1 rings (SSSR count). The Labute approximate surface area is 76.9 Å². The Morgan fingerprint density at radius 2 is 2.38 bits per heavy atom. The summed E-state index contributed by atoms with van der Waals surface area (Å²) in [5.74, 6) is 0.00972. The number of H-pyrrole nitrogens is 1. The molecule has 0 aliphatic carbocycles. The van der Waals surface area contributed by atoms with Crippen LogP contribution in [0.15, 0.2) is 6.20 Å². The topological polar surface area (TPSA) is 70.7 Å². The molecule has 0 radical (unpaired) electrons. The molecule has 5 heteroatoms. The quantitative estimate of drug-likeness (QED) is 0.697. The molecule has 1 heterocycles. The van der Waals surface area contributed by atoms with Gasteiger partial charge in [-0.2, -0.15) is 15.4 Å². The van der Waals surface area contributed by atoms with Crippen molar-refractivity contribution in [3.05, 3.63) is 11.9 Å². The maximum Gasteiger partial charge on any atom is 0.225 e. The molecule has 1 amide bonds. The maximum absolute atomic E-state index is 11.4. The zero-order chi connectivity index (χ0) is 9.90. The van der Waals surface area contributed by atoms with Gasteiger partial charge in [-0.25, -0.2) is 0 Å². The lowest BCUT2D eigenvalue weighted by atomic mass is 9.87. The Morgan fingerprint density at radius 1 is 1.69 bits per heavy atom. The second-order valence-corrected chi connectivity index (χ2v) is 3.60. The highest BCUT2D eigenvalue weighted by Crippen LogP contribution is 2.19. The van der Waals surface area contributed by atoms with Gasteiger partial charge >= 0.3 is 0 Å². The van der Waals surface area contributed by atoms with Gasteiger partial charge in [0, 0.05) is 18.9 Å². The first-order valence-electron chi connectivity index (χ1n) is 4.13. The standard InChI is InChI=1S/C8H14N4O/c1-8(2,7(13)9-3)4-6-5-10-12-11-6/h5H,4H2,1-3H3,(H,9,13)(H,10,11,12). The van der Waals surface area contributed by atoms with Crippen LogP contribution in [0.25, 0.3) is 0 Å². The summed E-state index contributed by atoms with van der Waals surface area (Å²) in [6.45, 7) is 3.75. The highest BCUT2D eigenvalue weighted by molar-refractivity contribution is 5.81. The number of carbonyl (C=O) groups is 1. The largest absolute Gasteiger partial charge is 0.359 e. The number of rotatable bonds is 3. The van der Waals surface area contributed by atoms with Gasteiger partial charge in [-0.15, -0.1) is 0 Å². The fourth-order valence-corrected chi connectivity index (χ4v) is 1.18. The number of aromatic nitrogens is 3. The van der Waals surface area contributed by atoms with Gasteiger partial charge in [0.2, 0.25) is 5.91 Å². The number of carbonyl (C=O) groups excluding carboxylic acids is 1. The van der Waals surface area contributed by atoms with Gasteiger partial charge < -0.3 is 5.32 Å². The van der Waals surface area contributed by atoms with Crippen molar-refractivity contribution in [1.29, 1.82) is 0 Å². The summed E-state index contributed by atoms with van der Waals surface area (Å²) in [4.78, 5) is 11.4. The van der Waals surface area contributed by atoms with Crippen LogP contribution in [0.2, 0.25) is 0 Å². The monoisotopic (exact) mass is 182 g/mol. The molecular formula is C8H14N4O. The van der Waals surface area contributed by atoms with E-state index >= 15 is 0 Å². The summed E-state index contributed by atoms with van der Waals surface area (Å²) in [6.07, 6.45) is 2.22. The van der Waals surface area contributed by atoms with E-state index in [1.165, 1.54) is 0 Å². The van der Waals surface area contributed by atoms with Gasteiger partial charge in [-0.1, -0.05) is 13.8 Å². The van der Waals surface area contributed by atoms with Gasteiger partial charge in [0.15, 0.2) is 0 Å². The Bertz CT molecular complexity index is 278. The van der Waals surface area contributed by atoms with E-state index in [0.29, 0.717) is 6.42 Å². The normalized spacial score (nSPS) is 11.3. The minimum atomic E-state index is -0.439. The van der Waals surface area contributed by atoms with Gasteiger partial charge in [-0.05, 0) is 0 Å². The molecule has 1 aromatic rings. The van der Waals surface area contributed by atoms with E-state index in [4.69, 9.17) is 0 Å². The molecule has 0 aromatic carbocycles. The minimum Gasteiger partial charge on any atom is -0.359 e. The number of hydrogen-bond donors (Lipinski definition) is 2. The van der Waals surface area contributed by atoms with Gasteiger partial charge in [0.25, 0.3) is 0 Å². The van der Waals surface area contributed by atoms with Gasteiger partial charge in [-0.3, -0.25) is 4.79 Å². The molecule has 2 N–H and O–H groups in total. The summed E-state index contributed by atoms with van der Waals surface area (Å²) in [6, 6.07) is 0. The molecule has 0 unspecified atom stereocenters. The maximum atomic E-state index is 11.4. The van der Waals surface area contributed by atoms with Crippen LogP contribution in [0.1, 0.15) is 19.5 Å². The zero-order valence-electron chi connectivity index (χ0n) is 8.09. The first kappa shape index (κ1) is 9.70. The van der Waals surface area contributed by atoms with Crippen LogP contribution in [0, 0.1) is 5.41 Å². The van der Waals surface area contributed by atoms with Crippen LogP contribution in [0.4, 0.5) is 0 Å². The minimum absolute atomic E-state index is 0.00972. The first-order valence-corrected chi connectivity index (χ1v) is 4.13. The lowest BCUT2D eigenvalue weighted by Crippen LogP contribution is -2.36. The molecule has 0 aliphatic heterocycles. The molecule has 0 fully saturated rings. The van der Waals surface area contributed by atoms with Crippen molar-refractivity contribution in [3.63, 3.8) is 0 Å². The van der Waals surface area contributed by atoms with Crippen LogP contribution in [0.3, 0.4) is 0 Å². The Hall–Kier alpha value is -1.39. The van der Waals surface area contributed by atoms with Crippen LogP contribution in [-0.4, -0.2) is 28.4 Å². The second-order valence-electron chi connectivity index (χ2n) is 3.60. The van der Waals surface area contributed by atoms with E-state index in [1.807, 2.05) is 13.8 Å².